The summed E-state index contributed by atoms with van der Waals surface area (Å²) in [5, 5.41) is 7.43. The maximum Gasteiger partial charge on any atom is 0.0726 e. The molecule has 0 atom stereocenters. The lowest BCUT2D eigenvalue weighted by Crippen LogP contribution is -2.03. The van der Waals surface area contributed by atoms with Crippen molar-refractivity contribution in [3.8, 4) is 0 Å². The van der Waals surface area contributed by atoms with Gasteiger partial charge in [-0.25, -0.2) is 0 Å². The third-order valence-corrected chi connectivity index (χ3v) is 2.71. The molecule has 90 valence electrons. The van der Waals surface area contributed by atoms with Crippen molar-refractivity contribution in [2.24, 2.45) is 7.05 Å². The number of hydrogen-bond donors (Lipinski definition) is 2. The molecule has 0 unspecified atom stereocenters. The summed E-state index contributed by atoms with van der Waals surface area (Å²) >= 11 is 0. The first kappa shape index (κ1) is 11.5. The van der Waals surface area contributed by atoms with Crippen LogP contribution in [0.25, 0.3) is 0 Å². The molecule has 2 rings (SSSR count). The number of benzene rings is 1. The zero-order valence-corrected chi connectivity index (χ0v) is 10.1. The van der Waals surface area contributed by atoms with Crippen LogP contribution in [0.15, 0.2) is 36.7 Å². The predicted molar refractivity (Wildman–Crippen MR) is 70.9 cm³/mol. The van der Waals surface area contributed by atoms with Crippen LogP contribution in [0.4, 0.5) is 11.4 Å². The minimum absolute atomic E-state index is 0.883. The van der Waals surface area contributed by atoms with Gasteiger partial charge in [-0.1, -0.05) is 18.2 Å². The second-order valence-corrected chi connectivity index (χ2v) is 4.13. The number of nitrogens with zero attached hydrogens (tertiary/aromatic N) is 2. The van der Waals surface area contributed by atoms with Gasteiger partial charge >= 0.3 is 0 Å². The molecule has 0 aliphatic heterocycles. The standard InChI is InChI=1S/C13H18N4/c1-17-10-12(9-16-17)15-8-4-6-11-5-2-3-7-13(11)14/h2-3,5,7,9-10,15H,4,6,8,14H2,1H3. The van der Waals surface area contributed by atoms with Crippen molar-refractivity contribution in [1.29, 1.82) is 0 Å². The van der Waals surface area contributed by atoms with Gasteiger partial charge in [-0.2, -0.15) is 5.10 Å². The van der Waals surface area contributed by atoms with E-state index in [0.29, 0.717) is 0 Å². The van der Waals surface area contributed by atoms with Crippen LogP contribution in [0.2, 0.25) is 0 Å². The fraction of sp³-hybridized carbons (Fsp3) is 0.308. The molecule has 1 heterocycles. The van der Waals surface area contributed by atoms with E-state index in [2.05, 4.69) is 16.5 Å². The van der Waals surface area contributed by atoms with Crippen LogP contribution in [-0.4, -0.2) is 16.3 Å². The van der Waals surface area contributed by atoms with E-state index in [0.717, 1.165) is 30.8 Å². The minimum atomic E-state index is 0.883. The molecule has 0 aliphatic carbocycles. The zero-order chi connectivity index (χ0) is 12.1. The third kappa shape index (κ3) is 3.24. The number of aryl methyl sites for hydroxylation is 2. The van der Waals surface area contributed by atoms with E-state index >= 15 is 0 Å². The molecule has 17 heavy (non-hydrogen) atoms. The molecular weight excluding hydrogens is 212 g/mol. The molecular formula is C13H18N4. The maximum atomic E-state index is 5.88. The summed E-state index contributed by atoms with van der Waals surface area (Å²) in [6.07, 6.45) is 5.86. The van der Waals surface area contributed by atoms with Gasteiger partial charge in [0.2, 0.25) is 0 Å². The van der Waals surface area contributed by atoms with E-state index in [4.69, 9.17) is 5.73 Å². The Balaban J connectivity index is 1.75. The van der Waals surface area contributed by atoms with E-state index in [1.165, 1.54) is 5.56 Å². The van der Waals surface area contributed by atoms with Crippen LogP contribution in [0.1, 0.15) is 12.0 Å². The summed E-state index contributed by atoms with van der Waals surface area (Å²) in [7, 11) is 1.91. The smallest absolute Gasteiger partial charge is 0.0726 e. The van der Waals surface area contributed by atoms with Crippen molar-refractivity contribution in [3.05, 3.63) is 42.2 Å². The molecule has 0 fully saturated rings. The lowest BCUT2D eigenvalue weighted by molar-refractivity contribution is 0.767. The normalized spacial score (nSPS) is 10.4. The molecule has 4 nitrogen and oxygen atoms in total. The highest BCUT2D eigenvalue weighted by Gasteiger charge is 1.98. The molecule has 0 amide bonds. The number of hydrogen-bond acceptors (Lipinski definition) is 3. The SMILES string of the molecule is Cn1cc(NCCCc2ccccc2N)cn1. The first-order chi connectivity index (χ1) is 8.25. The Bertz CT molecular complexity index is 476. The lowest BCUT2D eigenvalue weighted by Gasteiger charge is -2.06. The highest BCUT2D eigenvalue weighted by atomic mass is 15.3. The number of nitrogen functional groups attached to an aromatic ring is 1. The van der Waals surface area contributed by atoms with Gasteiger partial charge in [-0.15, -0.1) is 0 Å². The Morgan fingerprint density at radius 3 is 2.88 bits per heavy atom. The predicted octanol–water partition coefficient (Wildman–Crippen LogP) is 2.05. The van der Waals surface area contributed by atoms with Crippen LogP contribution < -0.4 is 11.1 Å². The Hall–Kier alpha value is -1.97. The Morgan fingerprint density at radius 1 is 1.35 bits per heavy atom. The van der Waals surface area contributed by atoms with Gasteiger partial charge < -0.3 is 11.1 Å². The maximum absolute atomic E-state index is 5.88. The number of aromatic nitrogens is 2. The second-order valence-electron chi connectivity index (χ2n) is 4.13. The number of nitrogens with two attached hydrogens (primary N) is 1. The molecule has 0 radical (unpaired) electrons. The number of rotatable bonds is 5. The molecule has 0 spiro atoms. The fourth-order valence-corrected chi connectivity index (χ4v) is 1.79. The topological polar surface area (TPSA) is 55.9 Å². The average molecular weight is 230 g/mol. The summed E-state index contributed by atoms with van der Waals surface area (Å²) in [6, 6.07) is 8.02. The van der Waals surface area contributed by atoms with Crippen LogP contribution in [0, 0.1) is 0 Å². The quantitative estimate of drug-likeness (QED) is 0.610. The molecule has 3 N–H and O–H groups in total. The first-order valence-corrected chi connectivity index (χ1v) is 5.81. The zero-order valence-electron chi connectivity index (χ0n) is 10.1. The van der Waals surface area contributed by atoms with Gasteiger partial charge in [-0.3, -0.25) is 4.68 Å². The summed E-state index contributed by atoms with van der Waals surface area (Å²) in [5.74, 6) is 0. The highest BCUT2D eigenvalue weighted by Crippen LogP contribution is 2.12. The van der Waals surface area contributed by atoms with Crippen LogP contribution >= 0.6 is 0 Å². The summed E-state index contributed by atoms with van der Waals surface area (Å²) in [5.41, 5.74) is 9.05. The molecule has 0 saturated carbocycles. The molecule has 0 aliphatic rings. The molecule has 2 aromatic rings. The number of nitrogens with one attached hydrogen (secondary N) is 1. The number of anilines is 2. The van der Waals surface area contributed by atoms with E-state index < -0.39 is 0 Å². The fourth-order valence-electron chi connectivity index (χ4n) is 1.79. The van der Waals surface area contributed by atoms with E-state index in [1.54, 1.807) is 4.68 Å². The van der Waals surface area contributed by atoms with Crippen molar-refractivity contribution in [2.45, 2.75) is 12.8 Å². The van der Waals surface area contributed by atoms with Gasteiger partial charge in [0.1, 0.15) is 0 Å². The van der Waals surface area contributed by atoms with Gasteiger partial charge in [0.15, 0.2) is 0 Å². The van der Waals surface area contributed by atoms with Gasteiger partial charge in [-0.05, 0) is 24.5 Å². The van der Waals surface area contributed by atoms with Crippen molar-refractivity contribution in [3.63, 3.8) is 0 Å². The Kier molecular flexibility index (Phi) is 3.65. The third-order valence-electron chi connectivity index (χ3n) is 2.71. The molecule has 0 saturated heterocycles. The highest BCUT2D eigenvalue weighted by molar-refractivity contribution is 5.46. The van der Waals surface area contributed by atoms with Crippen LogP contribution in [0.3, 0.4) is 0 Å². The monoisotopic (exact) mass is 230 g/mol. The van der Waals surface area contributed by atoms with Crippen molar-refractivity contribution < 1.29 is 0 Å². The molecule has 4 heteroatoms. The van der Waals surface area contributed by atoms with Gasteiger partial charge in [0, 0.05) is 25.5 Å². The Labute approximate surface area is 101 Å². The average Bonchev–Trinajstić information content (AvgIpc) is 2.73. The number of para-hydroxylation sites is 1. The van der Waals surface area contributed by atoms with Crippen molar-refractivity contribution in [1.82, 2.24) is 9.78 Å². The van der Waals surface area contributed by atoms with Crippen LogP contribution in [0.5, 0.6) is 0 Å². The van der Waals surface area contributed by atoms with E-state index in [9.17, 15) is 0 Å². The molecule has 1 aromatic heterocycles. The summed E-state index contributed by atoms with van der Waals surface area (Å²) in [4.78, 5) is 0. The van der Waals surface area contributed by atoms with Crippen LogP contribution in [-0.2, 0) is 13.5 Å². The van der Waals surface area contributed by atoms with Crippen molar-refractivity contribution in [2.75, 3.05) is 17.6 Å². The molecule has 0 bridgehead atoms. The minimum Gasteiger partial charge on any atom is -0.399 e. The van der Waals surface area contributed by atoms with Gasteiger partial charge in [0.05, 0.1) is 11.9 Å². The first-order valence-electron chi connectivity index (χ1n) is 5.81. The van der Waals surface area contributed by atoms with Crippen molar-refractivity contribution >= 4 is 11.4 Å². The largest absolute Gasteiger partial charge is 0.399 e. The van der Waals surface area contributed by atoms with E-state index in [1.807, 2.05) is 37.6 Å². The van der Waals surface area contributed by atoms with Gasteiger partial charge in [0.25, 0.3) is 0 Å². The second kappa shape index (κ2) is 5.39. The summed E-state index contributed by atoms with van der Waals surface area (Å²) < 4.78 is 1.79. The molecule has 1 aromatic carbocycles. The lowest BCUT2D eigenvalue weighted by atomic mass is 10.1. The van der Waals surface area contributed by atoms with E-state index in [-0.39, 0.29) is 0 Å². The summed E-state index contributed by atoms with van der Waals surface area (Å²) in [6.45, 7) is 0.931. The Morgan fingerprint density at radius 2 is 2.18 bits per heavy atom.